The molecule has 8 heteroatoms. The normalized spacial score (nSPS) is 18.8. The van der Waals surface area contributed by atoms with Crippen LogP contribution in [-0.4, -0.2) is 51.9 Å². The maximum Gasteiger partial charge on any atom is 0.230 e. The van der Waals surface area contributed by atoms with E-state index in [-0.39, 0.29) is 11.9 Å². The van der Waals surface area contributed by atoms with Crippen molar-refractivity contribution in [2.75, 3.05) is 27.3 Å². The van der Waals surface area contributed by atoms with Crippen LogP contribution in [0.1, 0.15) is 49.0 Å². The Bertz CT molecular complexity index is 999. The number of aromatic hydroxyl groups is 1. The quantitative estimate of drug-likeness (QED) is 0.657. The molecule has 0 saturated carbocycles. The van der Waals surface area contributed by atoms with E-state index in [0.717, 1.165) is 47.2 Å². The summed E-state index contributed by atoms with van der Waals surface area (Å²) in [5.41, 5.74) is 1.06. The van der Waals surface area contributed by atoms with Gasteiger partial charge in [0.15, 0.2) is 17.3 Å². The molecule has 1 aromatic carbocycles. The first kappa shape index (κ1) is 20.0. The van der Waals surface area contributed by atoms with E-state index < -0.39 is 0 Å². The number of fused-ring (bicyclic) bond motifs is 1. The Balaban J connectivity index is 1.83. The molecule has 0 aliphatic carbocycles. The molecule has 0 unspecified atom stereocenters. The molecule has 29 heavy (non-hydrogen) atoms. The van der Waals surface area contributed by atoms with Crippen molar-refractivity contribution in [2.45, 2.75) is 39.2 Å². The predicted molar refractivity (Wildman–Crippen MR) is 113 cm³/mol. The van der Waals surface area contributed by atoms with E-state index >= 15 is 0 Å². The second kappa shape index (κ2) is 8.20. The van der Waals surface area contributed by atoms with Gasteiger partial charge in [-0.2, -0.15) is 4.52 Å². The van der Waals surface area contributed by atoms with Crippen LogP contribution in [0.5, 0.6) is 17.4 Å². The summed E-state index contributed by atoms with van der Waals surface area (Å²) in [6.07, 6.45) is 3.12. The minimum atomic E-state index is -0.0869. The fraction of sp³-hybridized carbons (Fsp3) is 0.524. The fourth-order valence-corrected chi connectivity index (χ4v) is 5.27. The Labute approximate surface area is 174 Å². The van der Waals surface area contributed by atoms with Crippen molar-refractivity contribution in [1.82, 2.24) is 19.5 Å². The van der Waals surface area contributed by atoms with Crippen LogP contribution in [0.15, 0.2) is 18.2 Å². The summed E-state index contributed by atoms with van der Waals surface area (Å²) in [5.74, 6) is 2.92. The number of likely N-dealkylation sites (tertiary alicyclic amines) is 1. The molecule has 4 rings (SSSR count). The highest BCUT2D eigenvalue weighted by Gasteiger charge is 2.32. The van der Waals surface area contributed by atoms with Crippen LogP contribution in [0.3, 0.4) is 0 Å². The summed E-state index contributed by atoms with van der Waals surface area (Å²) < 4.78 is 12.5. The standard InChI is InChI=1S/C21H28N4O3S/c1-5-17-22-21-25(23-17)20(26)19(29-21)18(24-10-6-7-13(2)12-24)14-8-9-15(27-3)16(11-14)28-4/h8-9,11,13,18,26H,5-7,10,12H2,1-4H3/t13-,18-/m0/s1. The van der Waals surface area contributed by atoms with Crippen LogP contribution in [0.4, 0.5) is 0 Å². The average Bonchev–Trinajstić information content (AvgIpc) is 3.27. The summed E-state index contributed by atoms with van der Waals surface area (Å²) in [6.45, 7) is 6.26. The SMILES string of the molecule is CCc1nc2sc([C@H](c3ccc(OC)c(OC)c3)N3CCC[C@H](C)C3)c(O)n2n1. The molecule has 0 spiro atoms. The molecule has 7 nitrogen and oxygen atoms in total. The zero-order valence-corrected chi connectivity index (χ0v) is 18.2. The molecule has 1 N–H and O–H groups in total. The molecule has 156 valence electrons. The van der Waals surface area contributed by atoms with E-state index in [1.54, 1.807) is 18.7 Å². The summed E-state index contributed by atoms with van der Waals surface area (Å²) in [6, 6.07) is 5.90. The molecular formula is C21H28N4O3S. The van der Waals surface area contributed by atoms with Gasteiger partial charge in [0, 0.05) is 13.0 Å². The second-order valence-electron chi connectivity index (χ2n) is 7.63. The van der Waals surface area contributed by atoms with Crippen molar-refractivity contribution in [1.29, 1.82) is 0 Å². The lowest BCUT2D eigenvalue weighted by Crippen LogP contribution is -2.37. The number of methoxy groups -OCH3 is 2. The van der Waals surface area contributed by atoms with Gasteiger partial charge in [0.05, 0.1) is 25.1 Å². The monoisotopic (exact) mass is 416 g/mol. The van der Waals surface area contributed by atoms with Crippen molar-refractivity contribution >= 4 is 16.3 Å². The number of aromatic nitrogens is 3. The van der Waals surface area contributed by atoms with Gasteiger partial charge in [0.2, 0.25) is 10.8 Å². The fourth-order valence-electron chi connectivity index (χ4n) is 4.13. The van der Waals surface area contributed by atoms with E-state index in [9.17, 15) is 5.11 Å². The Morgan fingerprint density at radius 1 is 1.28 bits per heavy atom. The van der Waals surface area contributed by atoms with E-state index in [0.29, 0.717) is 17.4 Å². The number of aryl methyl sites for hydroxylation is 1. The molecular weight excluding hydrogens is 388 g/mol. The van der Waals surface area contributed by atoms with Crippen molar-refractivity contribution in [3.8, 4) is 17.4 Å². The van der Waals surface area contributed by atoms with Crippen molar-refractivity contribution < 1.29 is 14.6 Å². The third kappa shape index (κ3) is 3.67. The highest BCUT2D eigenvalue weighted by molar-refractivity contribution is 7.17. The maximum absolute atomic E-state index is 11.0. The minimum Gasteiger partial charge on any atom is -0.493 e. The van der Waals surface area contributed by atoms with Crippen LogP contribution in [0.25, 0.3) is 4.96 Å². The number of ether oxygens (including phenoxy) is 2. The number of thiazole rings is 1. The van der Waals surface area contributed by atoms with Gasteiger partial charge in [0.25, 0.3) is 0 Å². The van der Waals surface area contributed by atoms with Gasteiger partial charge < -0.3 is 14.6 Å². The summed E-state index contributed by atoms with van der Waals surface area (Å²) in [7, 11) is 3.28. The van der Waals surface area contributed by atoms with Crippen LogP contribution in [-0.2, 0) is 6.42 Å². The number of nitrogens with zero attached hydrogens (tertiary/aromatic N) is 4. The maximum atomic E-state index is 11.0. The lowest BCUT2D eigenvalue weighted by atomic mass is 9.95. The molecule has 3 aromatic rings. The first-order valence-corrected chi connectivity index (χ1v) is 10.9. The summed E-state index contributed by atoms with van der Waals surface area (Å²) in [5, 5.41) is 15.5. The second-order valence-corrected chi connectivity index (χ2v) is 8.63. The van der Waals surface area contributed by atoms with Gasteiger partial charge in [-0.05, 0) is 43.0 Å². The topological polar surface area (TPSA) is 72.1 Å². The van der Waals surface area contributed by atoms with Crippen LogP contribution < -0.4 is 9.47 Å². The number of piperidine rings is 1. The Kier molecular flexibility index (Phi) is 5.65. The largest absolute Gasteiger partial charge is 0.493 e. The number of hydrogen-bond acceptors (Lipinski definition) is 7. The molecule has 1 aliphatic rings. The van der Waals surface area contributed by atoms with Crippen molar-refractivity contribution in [2.24, 2.45) is 5.92 Å². The molecule has 0 bridgehead atoms. The molecule has 1 saturated heterocycles. The van der Waals surface area contributed by atoms with Gasteiger partial charge in [0.1, 0.15) is 0 Å². The number of benzene rings is 1. The van der Waals surface area contributed by atoms with Crippen LogP contribution >= 0.6 is 11.3 Å². The van der Waals surface area contributed by atoms with E-state index in [1.807, 2.05) is 19.1 Å². The van der Waals surface area contributed by atoms with E-state index in [1.165, 1.54) is 17.8 Å². The molecule has 0 amide bonds. The lowest BCUT2D eigenvalue weighted by Gasteiger charge is -2.37. The van der Waals surface area contributed by atoms with Crippen molar-refractivity contribution in [3.63, 3.8) is 0 Å². The van der Waals surface area contributed by atoms with Crippen LogP contribution in [0.2, 0.25) is 0 Å². The summed E-state index contributed by atoms with van der Waals surface area (Å²) >= 11 is 1.51. The average molecular weight is 417 g/mol. The van der Waals surface area contributed by atoms with Gasteiger partial charge in [-0.3, -0.25) is 4.90 Å². The Morgan fingerprint density at radius 3 is 2.72 bits per heavy atom. The van der Waals surface area contributed by atoms with Gasteiger partial charge in [-0.1, -0.05) is 31.3 Å². The molecule has 1 aliphatic heterocycles. The van der Waals surface area contributed by atoms with Crippen molar-refractivity contribution in [3.05, 3.63) is 34.5 Å². The number of rotatable bonds is 6. The third-order valence-electron chi connectivity index (χ3n) is 5.59. The van der Waals surface area contributed by atoms with Gasteiger partial charge >= 0.3 is 0 Å². The molecule has 2 atom stereocenters. The molecule has 2 aromatic heterocycles. The van der Waals surface area contributed by atoms with E-state index in [2.05, 4.69) is 28.0 Å². The van der Waals surface area contributed by atoms with E-state index in [4.69, 9.17) is 9.47 Å². The zero-order chi connectivity index (χ0) is 20.5. The zero-order valence-electron chi connectivity index (χ0n) is 17.4. The first-order valence-electron chi connectivity index (χ1n) is 10.1. The smallest absolute Gasteiger partial charge is 0.230 e. The molecule has 3 heterocycles. The Morgan fingerprint density at radius 2 is 2.07 bits per heavy atom. The minimum absolute atomic E-state index is 0.0869. The van der Waals surface area contributed by atoms with Gasteiger partial charge in [-0.15, -0.1) is 5.10 Å². The van der Waals surface area contributed by atoms with Gasteiger partial charge in [-0.25, -0.2) is 4.98 Å². The highest BCUT2D eigenvalue weighted by Crippen LogP contribution is 2.43. The third-order valence-corrected chi connectivity index (χ3v) is 6.66. The number of hydrogen-bond donors (Lipinski definition) is 1. The highest BCUT2D eigenvalue weighted by atomic mass is 32.1. The van der Waals surface area contributed by atoms with Crippen LogP contribution in [0, 0.1) is 5.92 Å². The lowest BCUT2D eigenvalue weighted by molar-refractivity contribution is 0.149. The Hall–Kier alpha value is -2.32. The summed E-state index contributed by atoms with van der Waals surface area (Å²) in [4.78, 5) is 8.59. The molecule has 1 fully saturated rings. The first-order chi connectivity index (χ1) is 14.0. The predicted octanol–water partition coefficient (Wildman–Crippen LogP) is 3.90. The molecule has 0 radical (unpaired) electrons.